The van der Waals surface area contributed by atoms with E-state index in [1.807, 2.05) is 20.8 Å². The largest absolute Gasteiger partial charge is 0.396 e. The van der Waals surface area contributed by atoms with Crippen LogP contribution in [0.3, 0.4) is 0 Å². The normalized spacial score (nSPS) is 12.9. The van der Waals surface area contributed by atoms with E-state index in [0.717, 1.165) is 0 Å². The maximum Gasteiger partial charge on any atom is 0.396 e. The van der Waals surface area contributed by atoms with Crippen molar-refractivity contribution in [3.05, 3.63) is 28.0 Å². The molecule has 0 aliphatic rings. The molecule has 2 aromatic heterocycles. The van der Waals surface area contributed by atoms with Gasteiger partial charge in [0, 0.05) is 0 Å². The first-order chi connectivity index (χ1) is 9.97. The van der Waals surface area contributed by atoms with Gasteiger partial charge in [0.25, 0.3) is 0 Å². The maximum atomic E-state index is 12.3. The average molecular weight is 319 g/mol. The lowest BCUT2D eigenvalue weighted by Crippen LogP contribution is -2.36. The third-order valence-electron chi connectivity index (χ3n) is 2.84. The van der Waals surface area contributed by atoms with Crippen LogP contribution in [0.5, 0.6) is 0 Å². The zero-order valence-corrected chi connectivity index (χ0v) is 12.6. The lowest BCUT2D eigenvalue weighted by Gasteiger charge is -2.16. The van der Waals surface area contributed by atoms with Gasteiger partial charge in [0.15, 0.2) is 5.82 Å². The summed E-state index contributed by atoms with van der Waals surface area (Å²) in [6.07, 6.45) is -5.68. The molecule has 7 nitrogen and oxygen atoms in total. The number of halogens is 3. The molecule has 0 saturated carbocycles. The number of hydrogen-bond donors (Lipinski definition) is 0. The highest BCUT2D eigenvalue weighted by Gasteiger charge is 2.31. The van der Waals surface area contributed by atoms with Gasteiger partial charge in [-0.15, -0.1) is 0 Å². The van der Waals surface area contributed by atoms with Gasteiger partial charge >= 0.3 is 11.9 Å². The Morgan fingerprint density at radius 3 is 2.36 bits per heavy atom. The fourth-order valence-electron chi connectivity index (χ4n) is 1.85. The van der Waals surface area contributed by atoms with Gasteiger partial charge in [-0.1, -0.05) is 5.16 Å². The molecular weight excluding hydrogens is 303 g/mol. The molecule has 0 atom stereocenters. The second kappa shape index (κ2) is 5.25. The summed E-state index contributed by atoms with van der Waals surface area (Å²) in [4.78, 5) is 15.9. The highest BCUT2D eigenvalue weighted by molar-refractivity contribution is 4.94. The third-order valence-corrected chi connectivity index (χ3v) is 2.84. The number of aromatic nitrogens is 5. The number of hydrogen-bond acceptors (Lipinski definition) is 5. The molecule has 0 fully saturated rings. The van der Waals surface area contributed by atoms with Gasteiger partial charge in [-0.25, -0.2) is 9.48 Å². The summed E-state index contributed by atoms with van der Waals surface area (Å²) in [6.45, 7) is 6.96. The number of alkyl halides is 3. The molecule has 0 unspecified atom stereocenters. The van der Waals surface area contributed by atoms with Crippen LogP contribution in [0, 0.1) is 6.92 Å². The van der Waals surface area contributed by atoms with Crippen molar-refractivity contribution in [1.29, 1.82) is 0 Å². The Hall–Kier alpha value is -2.13. The fraction of sp³-hybridized carbons (Fsp3) is 0.667. The van der Waals surface area contributed by atoms with Gasteiger partial charge in [0.1, 0.15) is 18.8 Å². The number of aryl methyl sites for hydroxylation is 1. The van der Waals surface area contributed by atoms with Gasteiger partial charge in [-0.2, -0.15) is 23.3 Å². The minimum atomic E-state index is -4.41. The molecule has 2 heterocycles. The molecule has 0 radical (unpaired) electrons. The molecular formula is C12H16F3N5O2. The van der Waals surface area contributed by atoms with Gasteiger partial charge < -0.3 is 4.52 Å². The standard InChI is InChI=1S/C12H16F3N5O2/c1-7-17-20(11(2,3)4)10(21)19(7)6-9-16-8(18-22-9)5-12(13,14)15/h5-6H2,1-4H3. The Kier molecular flexibility index (Phi) is 3.88. The van der Waals surface area contributed by atoms with E-state index in [-0.39, 0.29) is 18.1 Å². The van der Waals surface area contributed by atoms with Crippen LogP contribution in [-0.2, 0) is 18.5 Å². The molecule has 0 saturated heterocycles. The average Bonchev–Trinajstić information content (AvgIpc) is 2.86. The van der Waals surface area contributed by atoms with E-state index in [1.165, 1.54) is 9.25 Å². The van der Waals surface area contributed by atoms with Gasteiger partial charge in [-0.3, -0.25) is 4.57 Å². The first-order valence-corrected chi connectivity index (χ1v) is 6.52. The summed E-state index contributed by atoms with van der Waals surface area (Å²) in [5.41, 5.74) is -0.899. The molecule has 0 N–H and O–H groups in total. The van der Waals surface area contributed by atoms with E-state index < -0.39 is 24.0 Å². The second-order valence-electron chi connectivity index (χ2n) is 5.89. The van der Waals surface area contributed by atoms with Crippen molar-refractivity contribution >= 4 is 0 Å². The van der Waals surface area contributed by atoms with E-state index in [9.17, 15) is 18.0 Å². The molecule has 0 aromatic carbocycles. The summed E-state index contributed by atoms with van der Waals surface area (Å²) >= 11 is 0. The lowest BCUT2D eigenvalue weighted by molar-refractivity contribution is -0.128. The Morgan fingerprint density at radius 2 is 1.86 bits per heavy atom. The highest BCUT2D eigenvalue weighted by Crippen LogP contribution is 2.19. The zero-order chi connectivity index (χ0) is 16.7. The fourth-order valence-corrected chi connectivity index (χ4v) is 1.85. The molecule has 2 aromatic rings. The van der Waals surface area contributed by atoms with Crippen molar-refractivity contribution in [3.63, 3.8) is 0 Å². The smallest absolute Gasteiger partial charge is 0.337 e. The van der Waals surface area contributed by atoms with Crippen molar-refractivity contribution < 1.29 is 17.7 Å². The van der Waals surface area contributed by atoms with E-state index in [0.29, 0.717) is 5.82 Å². The first-order valence-electron chi connectivity index (χ1n) is 6.52. The predicted octanol–water partition coefficient (Wildman–Crippen LogP) is 1.64. The van der Waals surface area contributed by atoms with Crippen LogP contribution >= 0.6 is 0 Å². The van der Waals surface area contributed by atoms with E-state index in [2.05, 4.69) is 15.2 Å². The van der Waals surface area contributed by atoms with Crippen molar-refractivity contribution in [1.82, 2.24) is 24.5 Å². The molecule has 0 spiro atoms. The van der Waals surface area contributed by atoms with Gasteiger partial charge in [-0.05, 0) is 27.7 Å². The number of nitrogens with zero attached hydrogens (tertiary/aromatic N) is 5. The van der Waals surface area contributed by atoms with Crippen molar-refractivity contribution in [2.75, 3.05) is 0 Å². The molecule has 0 aliphatic heterocycles. The van der Waals surface area contributed by atoms with Crippen molar-refractivity contribution in [2.24, 2.45) is 0 Å². The Labute approximate surface area is 123 Å². The maximum absolute atomic E-state index is 12.3. The van der Waals surface area contributed by atoms with Crippen LogP contribution in [0.2, 0.25) is 0 Å². The Bertz CT molecular complexity index is 720. The minimum Gasteiger partial charge on any atom is -0.337 e. The minimum absolute atomic E-state index is 0.0714. The van der Waals surface area contributed by atoms with E-state index in [1.54, 1.807) is 6.92 Å². The molecule has 22 heavy (non-hydrogen) atoms. The molecule has 2 rings (SSSR count). The summed E-state index contributed by atoms with van der Waals surface area (Å²) in [5, 5.41) is 7.41. The number of rotatable bonds is 3. The second-order valence-corrected chi connectivity index (χ2v) is 5.89. The molecule has 122 valence electrons. The summed E-state index contributed by atoms with van der Waals surface area (Å²) < 4.78 is 44.1. The zero-order valence-electron chi connectivity index (χ0n) is 12.6. The monoisotopic (exact) mass is 319 g/mol. The third kappa shape index (κ3) is 3.55. The Balaban J connectivity index is 2.25. The predicted molar refractivity (Wildman–Crippen MR) is 69.4 cm³/mol. The van der Waals surface area contributed by atoms with E-state index >= 15 is 0 Å². The summed E-state index contributed by atoms with van der Waals surface area (Å²) in [6, 6.07) is 0. The SMILES string of the molecule is Cc1nn(C(C)(C)C)c(=O)n1Cc1nc(CC(F)(F)F)no1. The van der Waals surface area contributed by atoms with Crippen LogP contribution in [-0.4, -0.2) is 30.7 Å². The van der Waals surface area contributed by atoms with Crippen LogP contribution in [0.1, 0.15) is 38.3 Å². The van der Waals surface area contributed by atoms with Crippen LogP contribution in [0.15, 0.2) is 9.32 Å². The van der Waals surface area contributed by atoms with Crippen molar-refractivity contribution in [2.45, 2.75) is 52.4 Å². The van der Waals surface area contributed by atoms with Crippen LogP contribution in [0.25, 0.3) is 0 Å². The van der Waals surface area contributed by atoms with Crippen LogP contribution < -0.4 is 5.69 Å². The summed E-state index contributed by atoms with van der Waals surface area (Å²) in [7, 11) is 0. The molecule has 0 aliphatic carbocycles. The lowest BCUT2D eigenvalue weighted by atomic mass is 10.1. The topological polar surface area (TPSA) is 78.7 Å². The summed E-state index contributed by atoms with van der Waals surface area (Å²) in [5.74, 6) is -0.121. The van der Waals surface area contributed by atoms with E-state index in [4.69, 9.17) is 4.52 Å². The molecule has 0 bridgehead atoms. The highest BCUT2D eigenvalue weighted by atomic mass is 19.4. The first kappa shape index (κ1) is 16.2. The van der Waals surface area contributed by atoms with Gasteiger partial charge in [0.05, 0.1) is 5.54 Å². The van der Waals surface area contributed by atoms with Gasteiger partial charge in [0.2, 0.25) is 5.89 Å². The molecule has 10 heteroatoms. The molecule has 0 amide bonds. The Morgan fingerprint density at radius 1 is 1.23 bits per heavy atom. The van der Waals surface area contributed by atoms with Crippen LogP contribution in [0.4, 0.5) is 13.2 Å². The van der Waals surface area contributed by atoms with Crippen molar-refractivity contribution in [3.8, 4) is 0 Å². The quantitative estimate of drug-likeness (QED) is 0.859.